The van der Waals surface area contributed by atoms with Crippen molar-refractivity contribution in [2.75, 3.05) is 11.9 Å². The number of aromatic nitrogens is 4. The third-order valence-corrected chi connectivity index (χ3v) is 2.47. The summed E-state index contributed by atoms with van der Waals surface area (Å²) in [6, 6.07) is 0. The summed E-state index contributed by atoms with van der Waals surface area (Å²) in [5.74, 6) is 0.645. The fourth-order valence-corrected chi connectivity index (χ4v) is 1.74. The summed E-state index contributed by atoms with van der Waals surface area (Å²) in [4.78, 5) is 16.2. The standard InChI is InChI=1S/C8H9N5O/c1-12-6-5(4-10-12)7(14)13-3-2-9-8(13)11-6/h4H,2-3H2,1H3,(H,9,11). The first-order chi connectivity index (χ1) is 6.77. The first-order valence-corrected chi connectivity index (χ1v) is 4.44. The number of aryl methyl sites for hydroxylation is 1. The van der Waals surface area contributed by atoms with Gasteiger partial charge in [0.1, 0.15) is 5.39 Å². The van der Waals surface area contributed by atoms with Crippen LogP contribution < -0.4 is 10.9 Å². The van der Waals surface area contributed by atoms with E-state index in [1.54, 1.807) is 22.5 Å². The summed E-state index contributed by atoms with van der Waals surface area (Å²) in [5.41, 5.74) is 0.624. The quantitative estimate of drug-likeness (QED) is 0.613. The van der Waals surface area contributed by atoms with Gasteiger partial charge >= 0.3 is 0 Å². The lowest BCUT2D eigenvalue weighted by Gasteiger charge is -2.00. The molecule has 0 amide bonds. The van der Waals surface area contributed by atoms with Crippen LogP contribution in [0.25, 0.3) is 11.0 Å². The molecular formula is C8H9N5O. The van der Waals surface area contributed by atoms with E-state index in [4.69, 9.17) is 0 Å². The minimum Gasteiger partial charge on any atom is -0.354 e. The molecule has 0 fully saturated rings. The van der Waals surface area contributed by atoms with Crippen molar-refractivity contribution in [3.05, 3.63) is 16.6 Å². The Balaban J connectivity index is 2.52. The van der Waals surface area contributed by atoms with E-state index >= 15 is 0 Å². The predicted molar refractivity (Wildman–Crippen MR) is 51.3 cm³/mol. The number of nitrogens with zero attached hydrogens (tertiary/aromatic N) is 4. The van der Waals surface area contributed by atoms with Crippen molar-refractivity contribution >= 4 is 17.0 Å². The maximum atomic E-state index is 11.9. The Labute approximate surface area is 79.2 Å². The molecule has 0 spiro atoms. The van der Waals surface area contributed by atoms with Crippen LogP contribution in [0.2, 0.25) is 0 Å². The fraction of sp³-hybridized carbons (Fsp3) is 0.375. The van der Waals surface area contributed by atoms with E-state index in [0.717, 1.165) is 6.54 Å². The molecule has 14 heavy (non-hydrogen) atoms. The first kappa shape index (κ1) is 7.54. The second kappa shape index (κ2) is 2.34. The number of anilines is 1. The van der Waals surface area contributed by atoms with E-state index in [1.807, 2.05) is 0 Å². The van der Waals surface area contributed by atoms with Gasteiger partial charge in [0.2, 0.25) is 5.95 Å². The van der Waals surface area contributed by atoms with Crippen LogP contribution in [0, 0.1) is 0 Å². The lowest BCUT2D eigenvalue weighted by atomic mass is 10.4. The van der Waals surface area contributed by atoms with Gasteiger partial charge in [-0.1, -0.05) is 0 Å². The molecule has 0 bridgehead atoms. The lowest BCUT2D eigenvalue weighted by molar-refractivity contribution is 0.761. The molecule has 0 unspecified atom stereocenters. The monoisotopic (exact) mass is 191 g/mol. The van der Waals surface area contributed by atoms with Crippen molar-refractivity contribution in [2.45, 2.75) is 6.54 Å². The summed E-state index contributed by atoms with van der Waals surface area (Å²) in [7, 11) is 1.78. The summed E-state index contributed by atoms with van der Waals surface area (Å²) >= 11 is 0. The van der Waals surface area contributed by atoms with Gasteiger partial charge in [-0.15, -0.1) is 0 Å². The van der Waals surface area contributed by atoms with Gasteiger partial charge in [0, 0.05) is 20.1 Å². The van der Waals surface area contributed by atoms with E-state index in [1.165, 1.54) is 0 Å². The zero-order valence-electron chi connectivity index (χ0n) is 7.69. The van der Waals surface area contributed by atoms with Crippen molar-refractivity contribution < 1.29 is 0 Å². The Morgan fingerprint density at radius 3 is 3.29 bits per heavy atom. The van der Waals surface area contributed by atoms with Crippen LogP contribution in [-0.4, -0.2) is 25.9 Å². The van der Waals surface area contributed by atoms with Gasteiger partial charge in [0.05, 0.1) is 6.20 Å². The first-order valence-electron chi connectivity index (χ1n) is 4.44. The maximum absolute atomic E-state index is 11.9. The highest BCUT2D eigenvalue weighted by molar-refractivity contribution is 5.74. The smallest absolute Gasteiger partial charge is 0.266 e. The zero-order valence-corrected chi connectivity index (χ0v) is 7.69. The van der Waals surface area contributed by atoms with Crippen LogP contribution in [0.5, 0.6) is 0 Å². The molecule has 0 atom stereocenters. The largest absolute Gasteiger partial charge is 0.354 e. The van der Waals surface area contributed by atoms with Gasteiger partial charge < -0.3 is 5.32 Å². The minimum absolute atomic E-state index is 0.0110. The highest BCUT2D eigenvalue weighted by Crippen LogP contribution is 2.12. The molecule has 0 aliphatic carbocycles. The number of hydrogen-bond donors (Lipinski definition) is 1. The van der Waals surface area contributed by atoms with Gasteiger partial charge in [-0.05, 0) is 0 Å². The van der Waals surface area contributed by atoms with Gasteiger partial charge in [-0.2, -0.15) is 10.1 Å². The van der Waals surface area contributed by atoms with Crippen molar-refractivity contribution in [3.8, 4) is 0 Å². The second-order valence-corrected chi connectivity index (χ2v) is 3.32. The molecule has 1 aliphatic rings. The van der Waals surface area contributed by atoms with E-state index in [0.29, 0.717) is 23.5 Å². The second-order valence-electron chi connectivity index (χ2n) is 3.32. The van der Waals surface area contributed by atoms with Crippen LogP contribution in [0.4, 0.5) is 5.95 Å². The number of hydrogen-bond acceptors (Lipinski definition) is 4. The molecule has 1 N–H and O–H groups in total. The molecule has 0 radical (unpaired) electrons. The van der Waals surface area contributed by atoms with Crippen molar-refractivity contribution in [1.29, 1.82) is 0 Å². The lowest BCUT2D eigenvalue weighted by Crippen LogP contribution is -2.18. The number of fused-ring (bicyclic) bond motifs is 2. The SMILES string of the molecule is Cn1ncc2c(=O)n3c(nc21)NCC3. The summed E-state index contributed by atoms with van der Waals surface area (Å²) in [5, 5.41) is 7.65. The van der Waals surface area contributed by atoms with Crippen LogP contribution in [-0.2, 0) is 13.6 Å². The van der Waals surface area contributed by atoms with E-state index in [-0.39, 0.29) is 5.56 Å². The van der Waals surface area contributed by atoms with Gasteiger partial charge in [-0.25, -0.2) is 0 Å². The third kappa shape index (κ3) is 0.773. The van der Waals surface area contributed by atoms with Crippen LogP contribution >= 0.6 is 0 Å². The molecule has 0 saturated carbocycles. The van der Waals surface area contributed by atoms with Gasteiger partial charge in [0.15, 0.2) is 5.65 Å². The molecule has 0 aromatic carbocycles. The molecular weight excluding hydrogens is 182 g/mol. The van der Waals surface area contributed by atoms with Crippen molar-refractivity contribution in [3.63, 3.8) is 0 Å². The predicted octanol–water partition coefficient (Wildman–Crippen LogP) is -0.445. The Hall–Kier alpha value is -1.85. The molecule has 2 aromatic heterocycles. The average molecular weight is 191 g/mol. The molecule has 3 rings (SSSR count). The highest BCUT2D eigenvalue weighted by atomic mass is 16.1. The normalized spacial score (nSPS) is 14.4. The molecule has 3 heterocycles. The van der Waals surface area contributed by atoms with E-state index < -0.39 is 0 Å². The summed E-state index contributed by atoms with van der Waals surface area (Å²) in [6.07, 6.45) is 1.57. The highest BCUT2D eigenvalue weighted by Gasteiger charge is 2.16. The van der Waals surface area contributed by atoms with Crippen LogP contribution in [0.1, 0.15) is 0 Å². The Kier molecular flexibility index (Phi) is 1.26. The molecule has 6 heteroatoms. The Morgan fingerprint density at radius 1 is 1.57 bits per heavy atom. The summed E-state index contributed by atoms with van der Waals surface area (Å²) < 4.78 is 3.25. The maximum Gasteiger partial charge on any atom is 0.266 e. The zero-order chi connectivity index (χ0) is 9.71. The van der Waals surface area contributed by atoms with E-state index in [9.17, 15) is 4.79 Å². The van der Waals surface area contributed by atoms with E-state index in [2.05, 4.69) is 15.4 Å². The van der Waals surface area contributed by atoms with Crippen LogP contribution in [0.15, 0.2) is 11.0 Å². The Morgan fingerprint density at radius 2 is 2.43 bits per heavy atom. The van der Waals surface area contributed by atoms with Crippen molar-refractivity contribution in [1.82, 2.24) is 19.3 Å². The minimum atomic E-state index is -0.0110. The number of nitrogens with one attached hydrogen (secondary N) is 1. The molecule has 0 saturated heterocycles. The molecule has 72 valence electrons. The Bertz CT molecular complexity index is 567. The fourth-order valence-electron chi connectivity index (χ4n) is 1.74. The van der Waals surface area contributed by atoms with Gasteiger partial charge in [0.25, 0.3) is 5.56 Å². The summed E-state index contributed by atoms with van der Waals surface area (Å²) in [6.45, 7) is 1.46. The molecule has 6 nitrogen and oxygen atoms in total. The topological polar surface area (TPSA) is 64.7 Å². The van der Waals surface area contributed by atoms with Crippen molar-refractivity contribution in [2.24, 2.45) is 7.05 Å². The molecule has 2 aromatic rings. The molecule has 1 aliphatic heterocycles. The number of rotatable bonds is 0. The van der Waals surface area contributed by atoms with Gasteiger partial charge in [-0.3, -0.25) is 14.0 Å². The third-order valence-electron chi connectivity index (χ3n) is 2.47. The van der Waals surface area contributed by atoms with Crippen LogP contribution in [0.3, 0.4) is 0 Å². The average Bonchev–Trinajstić information content (AvgIpc) is 2.75.